The molecule has 0 saturated carbocycles. The quantitative estimate of drug-likeness (QED) is 0.468. The molecule has 5 nitrogen and oxygen atoms in total. The summed E-state index contributed by atoms with van der Waals surface area (Å²) in [5.41, 5.74) is 6.04. The van der Waals surface area contributed by atoms with Gasteiger partial charge in [-0.1, -0.05) is 36.4 Å². The second-order valence-corrected chi connectivity index (χ2v) is 6.68. The lowest BCUT2D eigenvalue weighted by molar-refractivity contribution is 0.414. The first-order valence-electron chi connectivity index (χ1n) is 9.12. The van der Waals surface area contributed by atoms with Crippen molar-refractivity contribution in [3.8, 4) is 17.0 Å². The molecule has 5 aromatic rings. The van der Waals surface area contributed by atoms with Crippen molar-refractivity contribution in [2.75, 3.05) is 7.11 Å². The minimum atomic E-state index is 0.736. The van der Waals surface area contributed by atoms with Crippen molar-refractivity contribution in [2.45, 2.75) is 6.42 Å². The number of pyridine rings is 1. The van der Waals surface area contributed by atoms with Gasteiger partial charge in [0.05, 0.1) is 36.4 Å². The summed E-state index contributed by atoms with van der Waals surface area (Å²) in [4.78, 5) is 8.94. The summed E-state index contributed by atoms with van der Waals surface area (Å²) in [5, 5.41) is 5.87. The number of fused-ring (bicyclic) bond motifs is 2. The van der Waals surface area contributed by atoms with E-state index in [1.165, 1.54) is 5.56 Å². The van der Waals surface area contributed by atoms with Crippen LogP contribution in [0.3, 0.4) is 0 Å². The molecule has 0 atom stereocenters. The molecule has 0 N–H and O–H groups in total. The zero-order valence-corrected chi connectivity index (χ0v) is 15.4. The molecule has 5 heteroatoms. The smallest absolute Gasteiger partial charge is 0.153 e. The second-order valence-electron chi connectivity index (χ2n) is 6.68. The summed E-state index contributed by atoms with van der Waals surface area (Å²) in [6.45, 7) is 0. The second kappa shape index (κ2) is 6.78. The number of nitrogens with zero attached hydrogens (tertiary/aromatic N) is 4. The summed E-state index contributed by atoms with van der Waals surface area (Å²) in [6, 6.07) is 22.5. The Labute approximate surface area is 162 Å². The summed E-state index contributed by atoms with van der Waals surface area (Å²) in [6.07, 6.45) is 4.37. The Kier molecular flexibility index (Phi) is 3.98. The van der Waals surface area contributed by atoms with Crippen LogP contribution in [0.5, 0.6) is 5.75 Å². The first-order chi connectivity index (χ1) is 13.8. The first kappa shape index (κ1) is 16.4. The molecule has 0 spiro atoms. The van der Waals surface area contributed by atoms with E-state index in [9.17, 15) is 0 Å². The van der Waals surface area contributed by atoms with Crippen LogP contribution in [0, 0.1) is 0 Å². The zero-order valence-electron chi connectivity index (χ0n) is 15.4. The van der Waals surface area contributed by atoms with Gasteiger partial charge in [0, 0.05) is 17.4 Å². The van der Waals surface area contributed by atoms with Crippen molar-refractivity contribution in [2.24, 2.45) is 0 Å². The minimum absolute atomic E-state index is 0.736. The maximum absolute atomic E-state index is 5.29. The Hall–Kier alpha value is -3.73. The van der Waals surface area contributed by atoms with Crippen LogP contribution in [0.25, 0.3) is 27.8 Å². The van der Waals surface area contributed by atoms with E-state index in [0.29, 0.717) is 0 Å². The van der Waals surface area contributed by atoms with E-state index in [1.54, 1.807) is 13.3 Å². The Morgan fingerprint density at radius 1 is 0.893 bits per heavy atom. The van der Waals surface area contributed by atoms with Gasteiger partial charge in [0.15, 0.2) is 5.65 Å². The minimum Gasteiger partial charge on any atom is -0.495 e. The third kappa shape index (κ3) is 2.97. The van der Waals surface area contributed by atoms with E-state index in [0.717, 1.165) is 45.7 Å². The van der Waals surface area contributed by atoms with Gasteiger partial charge >= 0.3 is 0 Å². The molecule has 5 rings (SSSR count). The SMILES string of the molecule is COc1cnc2ccc(Cc3cnc4ccc(-c5ccccc5)nn34)cc2c1. The molecule has 0 aliphatic heterocycles. The summed E-state index contributed by atoms with van der Waals surface area (Å²) in [7, 11) is 1.65. The Morgan fingerprint density at radius 3 is 2.64 bits per heavy atom. The Balaban J connectivity index is 1.53. The zero-order chi connectivity index (χ0) is 18.9. The van der Waals surface area contributed by atoms with E-state index >= 15 is 0 Å². The van der Waals surface area contributed by atoms with Gasteiger partial charge in [-0.2, -0.15) is 5.10 Å². The van der Waals surface area contributed by atoms with Crippen molar-refractivity contribution in [1.82, 2.24) is 19.6 Å². The largest absolute Gasteiger partial charge is 0.495 e. The van der Waals surface area contributed by atoms with Crippen molar-refractivity contribution in [3.63, 3.8) is 0 Å². The lowest BCUT2D eigenvalue weighted by Crippen LogP contribution is -2.00. The molecule has 0 fully saturated rings. The van der Waals surface area contributed by atoms with Crippen LogP contribution < -0.4 is 4.74 Å². The molecule has 28 heavy (non-hydrogen) atoms. The van der Waals surface area contributed by atoms with Gasteiger partial charge in [0.2, 0.25) is 0 Å². The van der Waals surface area contributed by atoms with E-state index in [2.05, 4.69) is 34.2 Å². The predicted molar refractivity (Wildman–Crippen MR) is 110 cm³/mol. The summed E-state index contributed by atoms with van der Waals surface area (Å²) in [5.74, 6) is 0.758. The number of aromatic nitrogens is 4. The van der Waals surface area contributed by atoms with Gasteiger partial charge in [-0.05, 0) is 35.9 Å². The van der Waals surface area contributed by atoms with Gasteiger partial charge in [-0.3, -0.25) is 4.98 Å². The molecule has 3 aromatic heterocycles. The Bertz CT molecular complexity index is 1280. The highest BCUT2D eigenvalue weighted by atomic mass is 16.5. The maximum atomic E-state index is 5.29. The van der Waals surface area contributed by atoms with Gasteiger partial charge in [-0.25, -0.2) is 9.50 Å². The average Bonchev–Trinajstić information content (AvgIpc) is 3.16. The summed E-state index contributed by atoms with van der Waals surface area (Å²) < 4.78 is 7.22. The third-order valence-electron chi connectivity index (χ3n) is 4.84. The molecular weight excluding hydrogens is 348 g/mol. The van der Waals surface area contributed by atoms with Crippen molar-refractivity contribution < 1.29 is 4.74 Å². The van der Waals surface area contributed by atoms with Gasteiger partial charge < -0.3 is 4.74 Å². The molecule has 0 aliphatic rings. The van der Waals surface area contributed by atoms with Crippen LogP contribution >= 0.6 is 0 Å². The lowest BCUT2D eigenvalue weighted by atomic mass is 10.1. The molecule has 0 aliphatic carbocycles. The van der Waals surface area contributed by atoms with E-state index < -0.39 is 0 Å². The van der Waals surface area contributed by atoms with E-state index in [4.69, 9.17) is 9.84 Å². The molecule has 0 saturated heterocycles. The van der Waals surface area contributed by atoms with Crippen LogP contribution in [0.15, 0.2) is 79.1 Å². The molecule has 0 radical (unpaired) electrons. The molecule has 0 amide bonds. The number of hydrogen-bond donors (Lipinski definition) is 0. The van der Waals surface area contributed by atoms with E-state index in [1.807, 2.05) is 53.2 Å². The molecule has 0 unspecified atom stereocenters. The normalized spacial score (nSPS) is 11.2. The van der Waals surface area contributed by atoms with Crippen molar-refractivity contribution >= 4 is 16.6 Å². The highest BCUT2D eigenvalue weighted by Gasteiger charge is 2.09. The monoisotopic (exact) mass is 366 g/mol. The fourth-order valence-electron chi connectivity index (χ4n) is 3.40. The average molecular weight is 366 g/mol. The van der Waals surface area contributed by atoms with Gasteiger partial charge in [-0.15, -0.1) is 0 Å². The maximum Gasteiger partial charge on any atom is 0.153 e. The van der Waals surface area contributed by atoms with Gasteiger partial charge in [0.25, 0.3) is 0 Å². The number of methoxy groups -OCH3 is 1. The van der Waals surface area contributed by atoms with Crippen LogP contribution in [0.4, 0.5) is 0 Å². The number of benzene rings is 2. The molecule has 3 heterocycles. The van der Waals surface area contributed by atoms with E-state index in [-0.39, 0.29) is 0 Å². The highest BCUT2D eigenvalue weighted by Crippen LogP contribution is 2.22. The third-order valence-corrected chi connectivity index (χ3v) is 4.84. The van der Waals surface area contributed by atoms with Crippen LogP contribution in [-0.4, -0.2) is 26.7 Å². The first-order valence-corrected chi connectivity index (χ1v) is 9.12. The topological polar surface area (TPSA) is 52.3 Å². The number of rotatable bonds is 4. The standard InChI is InChI=1S/C23H18N4O/c1-28-20-13-18-11-16(7-8-21(18)24-15-20)12-19-14-25-23-10-9-22(26-27(19)23)17-5-3-2-4-6-17/h2-11,13-15H,12H2,1H3. The number of ether oxygens (including phenoxy) is 1. The Morgan fingerprint density at radius 2 is 1.79 bits per heavy atom. The highest BCUT2D eigenvalue weighted by molar-refractivity contribution is 5.80. The molecular formula is C23H18N4O. The summed E-state index contributed by atoms with van der Waals surface area (Å²) >= 11 is 0. The fraction of sp³-hybridized carbons (Fsp3) is 0.0870. The van der Waals surface area contributed by atoms with Crippen molar-refractivity contribution in [3.05, 3.63) is 90.4 Å². The fourth-order valence-corrected chi connectivity index (χ4v) is 3.40. The predicted octanol–water partition coefficient (Wildman–Crippen LogP) is 4.54. The lowest BCUT2D eigenvalue weighted by Gasteiger charge is -2.06. The van der Waals surface area contributed by atoms with Gasteiger partial charge in [0.1, 0.15) is 5.75 Å². The molecule has 136 valence electrons. The number of imidazole rings is 1. The molecule has 2 aromatic carbocycles. The van der Waals surface area contributed by atoms with Crippen LogP contribution in [0.2, 0.25) is 0 Å². The molecule has 0 bridgehead atoms. The van der Waals surface area contributed by atoms with Crippen molar-refractivity contribution in [1.29, 1.82) is 0 Å². The van der Waals surface area contributed by atoms with Crippen LogP contribution in [-0.2, 0) is 6.42 Å². The number of hydrogen-bond acceptors (Lipinski definition) is 4. The van der Waals surface area contributed by atoms with Crippen LogP contribution in [0.1, 0.15) is 11.3 Å².